The Kier molecular flexibility index (Phi) is 4.77. The van der Waals surface area contributed by atoms with E-state index in [0.29, 0.717) is 22.9 Å². The van der Waals surface area contributed by atoms with Gasteiger partial charge >= 0.3 is 5.97 Å². The average Bonchev–Trinajstić information content (AvgIpc) is 2.99. The fourth-order valence-corrected chi connectivity index (χ4v) is 3.28. The van der Waals surface area contributed by atoms with Crippen molar-refractivity contribution < 1.29 is 28.7 Å². The van der Waals surface area contributed by atoms with Crippen LogP contribution in [0.25, 0.3) is 11.4 Å². The first kappa shape index (κ1) is 18.7. The summed E-state index contributed by atoms with van der Waals surface area (Å²) in [6.45, 7) is 3.55. The van der Waals surface area contributed by atoms with E-state index in [-0.39, 0.29) is 18.3 Å². The number of nitrogens with zero attached hydrogens (tertiary/aromatic N) is 2. The zero-order valence-electron chi connectivity index (χ0n) is 15.5. The molecule has 9 heteroatoms. The molecule has 0 aliphatic heterocycles. The number of rotatable bonds is 7. The lowest BCUT2D eigenvalue weighted by Crippen LogP contribution is -2.27. The molecule has 1 aromatic heterocycles. The van der Waals surface area contributed by atoms with E-state index in [1.807, 2.05) is 0 Å². The number of aliphatic carboxylic acids is 1. The topological polar surface area (TPSA) is 124 Å². The van der Waals surface area contributed by atoms with E-state index in [0.717, 1.165) is 0 Å². The summed E-state index contributed by atoms with van der Waals surface area (Å²) < 4.78 is 15.6. The largest absolute Gasteiger partial charge is 0.493 e. The zero-order valence-corrected chi connectivity index (χ0v) is 15.5. The smallest absolute Gasteiger partial charge is 0.307 e. The number of ether oxygens (including phenoxy) is 2. The summed E-state index contributed by atoms with van der Waals surface area (Å²) in [5, 5.41) is 15.7. The second kappa shape index (κ2) is 6.90. The molecule has 1 aliphatic rings. The van der Waals surface area contributed by atoms with Gasteiger partial charge < -0.3 is 24.4 Å². The predicted octanol–water partition coefficient (Wildman–Crippen LogP) is 1.73. The molecule has 27 heavy (non-hydrogen) atoms. The molecule has 2 N–H and O–H groups in total. The second-order valence-corrected chi connectivity index (χ2v) is 6.91. The molecule has 0 spiro atoms. The maximum Gasteiger partial charge on any atom is 0.307 e. The summed E-state index contributed by atoms with van der Waals surface area (Å²) in [6, 6.07) is 5.21. The lowest BCUT2D eigenvalue weighted by atomic mass is 10.1. The highest BCUT2D eigenvalue weighted by atomic mass is 16.5. The minimum Gasteiger partial charge on any atom is -0.493 e. The molecule has 2 aromatic rings. The van der Waals surface area contributed by atoms with Crippen molar-refractivity contribution in [2.24, 2.45) is 17.3 Å². The number of aromatic nitrogens is 2. The van der Waals surface area contributed by atoms with Crippen LogP contribution in [0.5, 0.6) is 11.5 Å². The van der Waals surface area contributed by atoms with E-state index in [2.05, 4.69) is 15.5 Å². The van der Waals surface area contributed by atoms with Gasteiger partial charge in [-0.1, -0.05) is 19.0 Å². The molecule has 144 valence electrons. The van der Waals surface area contributed by atoms with Crippen LogP contribution in [-0.4, -0.2) is 41.3 Å². The number of carbonyl (C=O) groups is 2. The molecule has 1 fully saturated rings. The molecular weight excluding hydrogens is 354 g/mol. The van der Waals surface area contributed by atoms with Gasteiger partial charge in [-0.05, 0) is 23.6 Å². The first-order chi connectivity index (χ1) is 12.8. The van der Waals surface area contributed by atoms with Gasteiger partial charge in [0, 0.05) is 5.56 Å². The highest BCUT2D eigenvalue weighted by Crippen LogP contribution is 2.58. The van der Waals surface area contributed by atoms with Crippen LogP contribution in [0.4, 0.5) is 0 Å². The maximum atomic E-state index is 12.2. The molecule has 0 saturated heterocycles. The Morgan fingerprint density at radius 2 is 1.93 bits per heavy atom. The number of nitrogens with one attached hydrogen (secondary N) is 1. The fraction of sp³-hybridized carbons (Fsp3) is 0.444. The number of amides is 1. The quantitative estimate of drug-likeness (QED) is 0.750. The molecule has 1 saturated carbocycles. The third-order valence-electron chi connectivity index (χ3n) is 4.90. The highest BCUT2D eigenvalue weighted by molar-refractivity contribution is 5.91. The lowest BCUT2D eigenvalue weighted by molar-refractivity contribution is -0.140. The van der Waals surface area contributed by atoms with E-state index >= 15 is 0 Å². The SMILES string of the molecule is COc1ccc(-c2noc(CNC(=O)[C@H]3[C@@H](C(=O)O)C3(C)C)n2)cc1OC. The number of carbonyl (C=O) groups excluding carboxylic acids is 1. The normalized spacial score (nSPS) is 20.0. The average molecular weight is 375 g/mol. The Bertz CT molecular complexity index is 876. The first-order valence-corrected chi connectivity index (χ1v) is 8.35. The molecular formula is C18H21N3O6. The molecule has 9 nitrogen and oxygen atoms in total. The van der Waals surface area contributed by atoms with Gasteiger partial charge in [-0.3, -0.25) is 9.59 Å². The van der Waals surface area contributed by atoms with Crippen LogP contribution in [0.2, 0.25) is 0 Å². The summed E-state index contributed by atoms with van der Waals surface area (Å²) in [5.41, 5.74) is 0.110. The van der Waals surface area contributed by atoms with E-state index < -0.39 is 23.2 Å². The van der Waals surface area contributed by atoms with Crippen molar-refractivity contribution in [3.8, 4) is 22.9 Å². The molecule has 0 bridgehead atoms. The Hall–Kier alpha value is -3.10. The Labute approximate surface area is 155 Å². The summed E-state index contributed by atoms with van der Waals surface area (Å²) in [5.74, 6) is -0.867. The van der Waals surface area contributed by atoms with Gasteiger partial charge in [0.25, 0.3) is 0 Å². The first-order valence-electron chi connectivity index (χ1n) is 8.35. The summed E-state index contributed by atoms with van der Waals surface area (Å²) in [7, 11) is 3.07. The summed E-state index contributed by atoms with van der Waals surface area (Å²) in [6.07, 6.45) is 0. The predicted molar refractivity (Wildman–Crippen MR) is 93.1 cm³/mol. The van der Waals surface area contributed by atoms with Crippen molar-refractivity contribution in [2.75, 3.05) is 14.2 Å². The Morgan fingerprint density at radius 3 is 2.52 bits per heavy atom. The van der Waals surface area contributed by atoms with Crippen molar-refractivity contribution in [3.63, 3.8) is 0 Å². The van der Waals surface area contributed by atoms with Crippen molar-refractivity contribution in [1.82, 2.24) is 15.5 Å². The van der Waals surface area contributed by atoms with Crippen LogP contribution in [0, 0.1) is 17.3 Å². The number of carboxylic acid groups (broad SMARTS) is 1. The molecule has 1 amide bonds. The molecule has 1 aromatic carbocycles. The number of carboxylic acids is 1. The minimum atomic E-state index is -0.964. The molecule has 3 rings (SSSR count). The van der Waals surface area contributed by atoms with Crippen molar-refractivity contribution in [3.05, 3.63) is 24.1 Å². The van der Waals surface area contributed by atoms with Gasteiger partial charge in [-0.2, -0.15) is 4.98 Å². The Balaban J connectivity index is 1.65. The fourth-order valence-electron chi connectivity index (χ4n) is 3.28. The Morgan fingerprint density at radius 1 is 1.22 bits per heavy atom. The highest BCUT2D eigenvalue weighted by Gasteiger charge is 2.65. The zero-order chi connectivity index (χ0) is 19.8. The second-order valence-electron chi connectivity index (χ2n) is 6.91. The minimum absolute atomic E-state index is 0.0258. The lowest BCUT2D eigenvalue weighted by Gasteiger charge is -2.07. The van der Waals surface area contributed by atoms with Gasteiger partial charge in [0.15, 0.2) is 11.5 Å². The molecule has 1 aliphatic carbocycles. The molecule has 0 radical (unpaired) electrons. The van der Waals surface area contributed by atoms with E-state index in [9.17, 15) is 9.59 Å². The number of methoxy groups -OCH3 is 2. The summed E-state index contributed by atoms with van der Waals surface area (Å²) >= 11 is 0. The van der Waals surface area contributed by atoms with Crippen LogP contribution in [0.15, 0.2) is 22.7 Å². The standard InChI is InChI=1S/C18H21N3O6/c1-18(2)13(14(18)17(23)24)16(22)19-8-12-20-15(21-27-12)9-5-6-10(25-3)11(7-9)26-4/h5-7,13-14H,8H2,1-4H3,(H,19,22)(H,23,24)/t13-,14+/m1/s1. The third-order valence-corrected chi connectivity index (χ3v) is 4.90. The number of hydrogen-bond donors (Lipinski definition) is 2. The third kappa shape index (κ3) is 3.44. The van der Waals surface area contributed by atoms with Crippen LogP contribution < -0.4 is 14.8 Å². The van der Waals surface area contributed by atoms with E-state index in [4.69, 9.17) is 19.1 Å². The van der Waals surface area contributed by atoms with Crippen LogP contribution in [0.1, 0.15) is 19.7 Å². The number of hydrogen-bond acceptors (Lipinski definition) is 7. The molecule has 0 unspecified atom stereocenters. The van der Waals surface area contributed by atoms with Gasteiger partial charge in [0.2, 0.25) is 17.6 Å². The van der Waals surface area contributed by atoms with Gasteiger partial charge in [0.05, 0.1) is 32.6 Å². The van der Waals surface area contributed by atoms with Gasteiger partial charge in [-0.25, -0.2) is 0 Å². The van der Waals surface area contributed by atoms with Crippen LogP contribution in [-0.2, 0) is 16.1 Å². The van der Waals surface area contributed by atoms with E-state index in [1.54, 1.807) is 39.2 Å². The molecule has 1 heterocycles. The summed E-state index contributed by atoms with van der Waals surface area (Å²) in [4.78, 5) is 27.7. The van der Waals surface area contributed by atoms with Gasteiger partial charge in [-0.15, -0.1) is 0 Å². The maximum absolute atomic E-state index is 12.2. The number of benzene rings is 1. The monoisotopic (exact) mass is 375 g/mol. The molecule has 2 atom stereocenters. The van der Waals surface area contributed by atoms with E-state index in [1.165, 1.54) is 7.11 Å². The van der Waals surface area contributed by atoms with Crippen LogP contribution in [0.3, 0.4) is 0 Å². The van der Waals surface area contributed by atoms with Crippen molar-refractivity contribution in [2.45, 2.75) is 20.4 Å². The van der Waals surface area contributed by atoms with Crippen LogP contribution >= 0.6 is 0 Å². The van der Waals surface area contributed by atoms with Crippen molar-refractivity contribution in [1.29, 1.82) is 0 Å². The van der Waals surface area contributed by atoms with Gasteiger partial charge in [0.1, 0.15) is 0 Å². The van der Waals surface area contributed by atoms with Crippen molar-refractivity contribution >= 4 is 11.9 Å².